The van der Waals surface area contributed by atoms with Crippen molar-refractivity contribution >= 4 is 17.3 Å². The van der Waals surface area contributed by atoms with Gasteiger partial charge < -0.3 is 5.32 Å². The van der Waals surface area contributed by atoms with E-state index < -0.39 is 0 Å². The first kappa shape index (κ1) is 11.4. The molecule has 78 valence electrons. The quantitative estimate of drug-likeness (QED) is 0.785. The van der Waals surface area contributed by atoms with Gasteiger partial charge in [0.25, 0.3) is 0 Å². The first-order valence-corrected chi connectivity index (χ1v) is 5.54. The first-order chi connectivity index (χ1) is 6.63. The minimum Gasteiger partial charge on any atom is -0.382 e. The summed E-state index contributed by atoms with van der Waals surface area (Å²) >= 11 is 5.94. The summed E-state index contributed by atoms with van der Waals surface area (Å²) < 4.78 is 0. The van der Waals surface area contributed by atoms with Crippen molar-refractivity contribution in [2.75, 3.05) is 5.32 Å². The third kappa shape index (κ3) is 3.22. The molecule has 1 nitrogen and oxygen atoms in total. The summed E-state index contributed by atoms with van der Waals surface area (Å²) in [5.74, 6) is 0. The molecule has 0 saturated carbocycles. The highest BCUT2D eigenvalue weighted by Gasteiger charge is 2.03. The van der Waals surface area contributed by atoms with Crippen LogP contribution in [-0.2, 0) is 0 Å². The van der Waals surface area contributed by atoms with Gasteiger partial charge in [-0.3, -0.25) is 0 Å². The molecule has 0 heterocycles. The summed E-state index contributed by atoms with van der Waals surface area (Å²) in [6.07, 6.45) is 2.39. The SMILES string of the molecule is CCCC(C)Nc1cc(Cl)ccc1C. The summed E-state index contributed by atoms with van der Waals surface area (Å²) in [6, 6.07) is 6.47. The Balaban J connectivity index is 2.70. The second-order valence-corrected chi connectivity index (χ2v) is 4.23. The van der Waals surface area contributed by atoms with Gasteiger partial charge in [0.15, 0.2) is 0 Å². The van der Waals surface area contributed by atoms with Crippen LogP contribution in [-0.4, -0.2) is 6.04 Å². The van der Waals surface area contributed by atoms with Gasteiger partial charge in [0.2, 0.25) is 0 Å². The summed E-state index contributed by atoms with van der Waals surface area (Å²) in [7, 11) is 0. The zero-order chi connectivity index (χ0) is 10.6. The van der Waals surface area contributed by atoms with Crippen molar-refractivity contribution in [1.29, 1.82) is 0 Å². The largest absolute Gasteiger partial charge is 0.382 e. The van der Waals surface area contributed by atoms with Gasteiger partial charge in [0, 0.05) is 16.8 Å². The molecule has 0 amide bonds. The number of anilines is 1. The van der Waals surface area contributed by atoms with E-state index in [-0.39, 0.29) is 0 Å². The van der Waals surface area contributed by atoms with E-state index >= 15 is 0 Å². The predicted molar refractivity (Wildman–Crippen MR) is 64.2 cm³/mol. The molecule has 0 aliphatic rings. The Morgan fingerprint density at radius 3 is 2.79 bits per heavy atom. The molecule has 0 saturated heterocycles. The average molecular weight is 212 g/mol. The normalized spacial score (nSPS) is 12.6. The van der Waals surface area contributed by atoms with Gasteiger partial charge >= 0.3 is 0 Å². The second kappa shape index (κ2) is 5.26. The van der Waals surface area contributed by atoms with E-state index in [4.69, 9.17) is 11.6 Å². The lowest BCUT2D eigenvalue weighted by Gasteiger charge is -2.16. The fourth-order valence-corrected chi connectivity index (χ4v) is 1.69. The Kier molecular flexibility index (Phi) is 4.27. The minimum absolute atomic E-state index is 0.511. The number of rotatable bonds is 4. The lowest BCUT2D eigenvalue weighted by molar-refractivity contribution is 0.690. The van der Waals surface area contributed by atoms with E-state index in [0.29, 0.717) is 6.04 Å². The van der Waals surface area contributed by atoms with Crippen LogP contribution in [0, 0.1) is 6.92 Å². The van der Waals surface area contributed by atoms with Crippen molar-refractivity contribution in [3.05, 3.63) is 28.8 Å². The van der Waals surface area contributed by atoms with Gasteiger partial charge in [0.05, 0.1) is 0 Å². The van der Waals surface area contributed by atoms with Crippen molar-refractivity contribution in [3.63, 3.8) is 0 Å². The molecule has 0 spiro atoms. The predicted octanol–water partition coefficient (Wildman–Crippen LogP) is 4.25. The highest BCUT2D eigenvalue weighted by atomic mass is 35.5. The maximum absolute atomic E-state index is 5.94. The van der Waals surface area contributed by atoms with E-state index in [9.17, 15) is 0 Å². The Bertz CT molecular complexity index is 296. The van der Waals surface area contributed by atoms with Gasteiger partial charge in [-0.15, -0.1) is 0 Å². The lowest BCUT2D eigenvalue weighted by atomic mass is 10.1. The fraction of sp³-hybridized carbons (Fsp3) is 0.500. The van der Waals surface area contributed by atoms with E-state index in [2.05, 4.69) is 26.1 Å². The van der Waals surface area contributed by atoms with Crippen molar-refractivity contribution < 1.29 is 0 Å². The highest BCUT2D eigenvalue weighted by Crippen LogP contribution is 2.21. The number of nitrogens with one attached hydrogen (secondary N) is 1. The number of benzene rings is 1. The van der Waals surface area contributed by atoms with Gasteiger partial charge in [-0.25, -0.2) is 0 Å². The monoisotopic (exact) mass is 211 g/mol. The van der Waals surface area contributed by atoms with Crippen LogP contribution in [0.4, 0.5) is 5.69 Å². The van der Waals surface area contributed by atoms with E-state index in [1.54, 1.807) is 0 Å². The Labute approximate surface area is 91.5 Å². The zero-order valence-corrected chi connectivity index (χ0v) is 9.86. The molecular weight excluding hydrogens is 194 g/mol. The van der Waals surface area contributed by atoms with Crippen LogP contribution in [0.1, 0.15) is 32.3 Å². The molecule has 0 aliphatic carbocycles. The van der Waals surface area contributed by atoms with Crippen molar-refractivity contribution in [2.24, 2.45) is 0 Å². The maximum Gasteiger partial charge on any atom is 0.0426 e. The maximum atomic E-state index is 5.94. The third-order valence-electron chi connectivity index (χ3n) is 2.32. The Hall–Kier alpha value is -0.690. The van der Waals surface area contributed by atoms with E-state index in [1.165, 1.54) is 18.4 Å². The molecule has 1 atom stereocenters. The molecule has 1 aromatic rings. The minimum atomic E-state index is 0.511. The molecular formula is C12H18ClN. The van der Waals surface area contributed by atoms with E-state index in [0.717, 1.165) is 10.7 Å². The summed E-state index contributed by atoms with van der Waals surface area (Å²) in [5, 5.41) is 4.26. The van der Waals surface area contributed by atoms with Crippen molar-refractivity contribution in [2.45, 2.75) is 39.7 Å². The molecule has 14 heavy (non-hydrogen) atoms. The van der Waals surface area contributed by atoms with Gasteiger partial charge in [-0.2, -0.15) is 0 Å². The zero-order valence-electron chi connectivity index (χ0n) is 9.10. The number of halogens is 1. The molecule has 1 N–H and O–H groups in total. The molecule has 0 fully saturated rings. The van der Waals surface area contributed by atoms with Crippen LogP contribution >= 0.6 is 11.6 Å². The summed E-state index contributed by atoms with van der Waals surface area (Å²) in [4.78, 5) is 0. The molecule has 2 heteroatoms. The topological polar surface area (TPSA) is 12.0 Å². The third-order valence-corrected chi connectivity index (χ3v) is 2.56. The van der Waals surface area contributed by atoms with Gasteiger partial charge in [0.1, 0.15) is 0 Å². The lowest BCUT2D eigenvalue weighted by Crippen LogP contribution is -2.15. The molecule has 1 unspecified atom stereocenters. The molecule has 1 aromatic carbocycles. The highest BCUT2D eigenvalue weighted by molar-refractivity contribution is 6.30. The van der Waals surface area contributed by atoms with Crippen LogP contribution in [0.3, 0.4) is 0 Å². The number of aryl methyl sites for hydroxylation is 1. The summed E-state index contributed by atoms with van der Waals surface area (Å²) in [5.41, 5.74) is 2.40. The summed E-state index contributed by atoms with van der Waals surface area (Å²) in [6.45, 7) is 6.49. The van der Waals surface area contributed by atoms with Crippen LogP contribution < -0.4 is 5.32 Å². The molecule has 0 aromatic heterocycles. The standard InChI is InChI=1S/C12H18ClN/c1-4-5-10(3)14-12-8-11(13)7-6-9(12)2/h6-8,10,14H,4-5H2,1-3H3. The smallest absolute Gasteiger partial charge is 0.0426 e. The van der Waals surface area contributed by atoms with Gasteiger partial charge in [-0.05, 0) is 38.0 Å². The Morgan fingerprint density at radius 1 is 1.43 bits per heavy atom. The van der Waals surface area contributed by atoms with Crippen molar-refractivity contribution in [1.82, 2.24) is 0 Å². The Morgan fingerprint density at radius 2 is 2.14 bits per heavy atom. The van der Waals surface area contributed by atoms with Crippen LogP contribution in [0.2, 0.25) is 5.02 Å². The van der Waals surface area contributed by atoms with Crippen LogP contribution in [0.5, 0.6) is 0 Å². The first-order valence-electron chi connectivity index (χ1n) is 5.16. The molecule has 0 radical (unpaired) electrons. The molecule has 1 rings (SSSR count). The number of hydrogen-bond acceptors (Lipinski definition) is 1. The van der Waals surface area contributed by atoms with Crippen LogP contribution in [0.25, 0.3) is 0 Å². The fourth-order valence-electron chi connectivity index (χ4n) is 1.52. The van der Waals surface area contributed by atoms with Gasteiger partial charge in [-0.1, -0.05) is 31.0 Å². The molecule has 0 aliphatic heterocycles. The van der Waals surface area contributed by atoms with Crippen LogP contribution in [0.15, 0.2) is 18.2 Å². The average Bonchev–Trinajstić information content (AvgIpc) is 2.12. The van der Waals surface area contributed by atoms with E-state index in [1.807, 2.05) is 18.2 Å². The molecule has 0 bridgehead atoms. The second-order valence-electron chi connectivity index (χ2n) is 3.79. The van der Waals surface area contributed by atoms with Crippen molar-refractivity contribution in [3.8, 4) is 0 Å². The number of hydrogen-bond donors (Lipinski definition) is 1.